The molecule has 0 aliphatic carbocycles. The molecule has 1 aromatic rings. The first-order valence-electron chi connectivity index (χ1n) is 4.97. The molecule has 0 unspecified atom stereocenters. The Kier molecular flexibility index (Phi) is 4.35. The minimum atomic E-state index is -4.28. The number of ketones is 1. The zero-order valence-corrected chi connectivity index (χ0v) is 11.0. The second kappa shape index (κ2) is 5.20. The lowest BCUT2D eigenvalue weighted by Gasteiger charge is -2.06. The molecule has 0 radical (unpaired) electrons. The van der Waals surface area contributed by atoms with E-state index in [-0.39, 0.29) is 6.42 Å². The Balaban J connectivity index is 2.63. The molecule has 0 aliphatic rings. The Morgan fingerprint density at radius 1 is 1.47 bits per heavy atom. The summed E-state index contributed by atoms with van der Waals surface area (Å²) in [6.45, 7) is 1.76. The molecule has 7 heteroatoms. The van der Waals surface area contributed by atoms with Crippen molar-refractivity contribution >= 4 is 21.7 Å². The van der Waals surface area contributed by atoms with Crippen LogP contribution in [0.25, 0.3) is 0 Å². The molecule has 3 nitrogen and oxygen atoms in total. The lowest BCUT2D eigenvalue weighted by Crippen LogP contribution is -2.13. The summed E-state index contributed by atoms with van der Waals surface area (Å²) < 4.78 is 38.0. The van der Waals surface area contributed by atoms with Crippen molar-refractivity contribution in [3.05, 3.63) is 15.9 Å². The van der Waals surface area contributed by atoms with Crippen LogP contribution >= 0.6 is 15.9 Å². The number of nitrogens with zero attached hydrogens (tertiary/aromatic N) is 2. The smallest absolute Gasteiger partial charge is 0.299 e. The zero-order valence-electron chi connectivity index (χ0n) is 9.44. The topological polar surface area (TPSA) is 34.9 Å². The van der Waals surface area contributed by atoms with Crippen molar-refractivity contribution in [1.29, 1.82) is 0 Å². The van der Waals surface area contributed by atoms with Crippen molar-refractivity contribution in [2.75, 3.05) is 0 Å². The molecule has 1 aromatic heterocycles. The van der Waals surface area contributed by atoms with Crippen LogP contribution in [0.4, 0.5) is 13.2 Å². The fourth-order valence-electron chi connectivity index (χ4n) is 1.43. The van der Waals surface area contributed by atoms with Crippen LogP contribution in [0.1, 0.15) is 24.2 Å². The van der Waals surface area contributed by atoms with Gasteiger partial charge in [-0.25, -0.2) is 0 Å². The molecule has 0 atom stereocenters. The molecule has 0 saturated heterocycles. The van der Waals surface area contributed by atoms with Crippen molar-refractivity contribution in [3.63, 3.8) is 0 Å². The molecule has 96 valence electrons. The van der Waals surface area contributed by atoms with Crippen molar-refractivity contribution in [2.24, 2.45) is 7.05 Å². The van der Waals surface area contributed by atoms with Gasteiger partial charge in [0.15, 0.2) is 0 Å². The van der Waals surface area contributed by atoms with E-state index in [1.165, 1.54) is 4.68 Å². The Hall–Kier alpha value is -0.850. The van der Waals surface area contributed by atoms with E-state index in [0.29, 0.717) is 15.9 Å². The Morgan fingerprint density at radius 2 is 2.06 bits per heavy atom. The van der Waals surface area contributed by atoms with Crippen molar-refractivity contribution in [3.8, 4) is 0 Å². The molecule has 0 fully saturated rings. The van der Waals surface area contributed by atoms with Gasteiger partial charge in [0.05, 0.1) is 22.3 Å². The van der Waals surface area contributed by atoms with Gasteiger partial charge in [-0.05, 0) is 22.9 Å². The maximum Gasteiger partial charge on any atom is 0.389 e. The monoisotopic (exact) mass is 312 g/mol. The highest BCUT2D eigenvalue weighted by Crippen LogP contribution is 2.24. The van der Waals surface area contributed by atoms with Gasteiger partial charge in [0.2, 0.25) is 0 Å². The SMILES string of the molecule is Cc1nn(C)c(CC(=O)CCC(F)(F)F)c1Br. The second-order valence-electron chi connectivity index (χ2n) is 3.80. The van der Waals surface area contributed by atoms with E-state index >= 15 is 0 Å². The third-order valence-corrected chi connectivity index (χ3v) is 3.35. The molecule has 0 amide bonds. The summed E-state index contributed by atoms with van der Waals surface area (Å²) in [5.74, 6) is -0.439. The summed E-state index contributed by atoms with van der Waals surface area (Å²) in [7, 11) is 1.66. The Labute approximate surface area is 105 Å². The summed E-state index contributed by atoms with van der Waals surface area (Å²) in [6, 6.07) is 0. The summed E-state index contributed by atoms with van der Waals surface area (Å²) in [4.78, 5) is 11.4. The van der Waals surface area contributed by atoms with E-state index in [4.69, 9.17) is 0 Å². The largest absolute Gasteiger partial charge is 0.389 e. The molecular formula is C10H12BrF3N2O. The lowest BCUT2D eigenvalue weighted by atomic mass is 10.1. The van der Waals surface area contributed by atoms with Crippen LogP contribution in [0, 0.1) is 6.92 Å². The van der Waals surface area contributed by atoms with Gasteiger partial charge in [-0.2, -0.15) is 18.3 Å². The van der Waals surface area contributed by atoms with Gasteiger partial charge in [0.25, 0.3) is 0 Å². The number of carbonyl (C=O) groups excluding carboxylic acids is 1. The molecule has 0 spiro atoms. The number of aryl methyl sites for hydroxylation is 2. The van der Waals surface area contributed by atoms with E-state index in [2.05, 4.69) is 21.0 Å². The quantitative estimate of drug-likeness (QED) is 0.856. The van der Waals surface area contributed by atoms with Crippen LogP contribution in [0.2, 0.25) is 0 Å². The van der Waals surface area contributed by atoms with Crippen LogP contribution in [-0.2, 0) is 18.3 Å². The van der Waals surface area contributed by atoms with E-state index in [0.717, 1.165) is 0 Å². The third kappa shape index (κ3) is 4.14. The molecular weight excluding hydrogens is 301 g/mol. The number of alkyl halides is 3. The van der Waals surface area contributed by atoms with Crippen LogP contribution in [0.3, 0.4) is 0 Å². The molecule has 0 aromatic carbocycles. The number of Topliss-reactive ketones (excluding diaryl/α,β-unsaturated/α-hetero) is 1. The lowest BCUT2D eigenvalue weighted by molar-refractivity contribution is -0.143. The van der Waals surface area contributed by atoms with Crippen molar-refractivity contribution < 1.29 is 18.0 Å². The Morgan fingerprint density at radius 3 is 2.47 bits per heavy atom. The molecule has 1 heterocycles. The summed E-state index contributed by atoms with van der Waals surface area (Å²) >= 11 is 3.26. The molecule has 0 bridgehead atoms. The van der Waals surface area contributed by atoms with Gasteiger partial charge in [-0.1, -0.05) is 0 Å². The highest BCUT2D eigenvalue weighted by Gasteiger charge is 2.28. The predicted molar refractivity (Wildman–Crippen MR) is 59.6 cm³/mol. The molecule has 0 N–H and O–H groups in total. The van der Waals surface area contributed by atoms with Gasteiger partial charge in [0.1, 0.15) is 5.78 Å². The Bertz CT molecular complexity index is 426. The predicted octanol–water partition coefficient (Wildman–Crippen LogP) is 2.95. The first kappa shape index (κ1) is 14.2. The highest BCUT2D eigenvalue weighted by molar-refractivity contribution is 9.10. The normalized spacial score (nSPS) is 11.9. The number of aromatic nitrogens is 2. The minimum absolute atomic E-state index is 0.0337. The van der Waals surface area contributed by atoms with Gasteiger partial charge in [0, 0.05) is 19.9 Å². The van der Waals surface area contributed by atoms with Crippen LogP contribution in [0.5, 0.6) is 0 Å². The van der Waals surface area contributed by atoms with E-state index in [9.17, 15) is 18.0 Å². The molecule has 17 heavy (non-hydrogen) atoms. The van der Waals surface area contributed by atoms with E-state index in [1.807, 2.05) is 0 Å². The van der Waals surface area contributed by atoms with Crippen LogP contribution < -0.4 is 0 Å². The summed E-state index contributed by atoms with van der Waals surface area (Å²) in [5, 5.41) is 4.07. The highest BCUT2D eigenvalue weighted by atomic mass is 79.9. The summed E-state index contributed by atoms with van der Waals surface area (Å²) in [5.41, 5.74) is 1.32. The fraction of sp³-hybridized carbons (Fsp3) is 0.600. The number of hydrogen-bond acceptors (Lipinski definition) is 2. The van der Waals surface area contributed by atoms with Crippen molar-refractivity contribution in [2.45, 2.75) is 32.4 Å². The van der Waals surface area contributed by atoms with Crippen molar-refractivity contribution in [1.82, 2.24) is 9.78 Å². The standard InChI is InChI=1S/C10H12BrF3N2O/c1-6-9(11)8(16(2)15-6)5-7(17)3-4-10(12,13)14/h3-5H2,1-2H3. The maximum atomic E-state index is 11.9. The van der Waals surface area contributed by atoms with Gasteiger partial charge >= 0.3 is 6.18 Å². The second-order valence-corrected chi connectivity index (χ2v) is 4.59. The van der Waals surface area contributed by atoms with Gasteiger partial charge in [-0.15, -0.1) is 0 Å². The number of hydrogen-bond donors (Lipinski definition) is 0. The van der Waals surface area contributed by atoms with E-state index < -0.39 is 24.8 Å². The average Bonchev–Trinajstić information content (AvgIpc) is 2.41. The first-order chi connectivity index (χ1) is 7.70. The van der Waals surface area contributed by atoms with Crippen LogP contribution in [0.15, 0.2) is 4.47 Å². The number of halogens is 4. The summed E-state index contributed by atoms with van der Waals surface area (Å²) in [6.07, 6.45) is -5.87. The average molecular weight is 313 g/mol. The first-order valence-corrected chi connectivity index (χ1v) is 5.76. The maximum absolute atomic E-state index is 11.9. The minimum Gasteiger partial charge on any atom is -0.299 e. The van der Waals surface area contributed by atoms with Crippen LogP contribution in [-0.4, -0.2) is 21.7 Å². The fourth-order valence-corrected chi connectivity index (χ4v) is 1.90. The molecule has 0 aliphatic heterocycles. The third-order valence-electron chi connectivity index (χ3n) is 2.31. The van der Waals surface area contributed by atoms with E-state index in [1.54, 1.807) is 14.0 Å². The molecule has 0 saturated carbocycles. The number of rotatable bonds is 4. The van der Waals surface area contributed by atoms with Gasteiger partial charge < -0.3 is 0 Å². The van der Waals surface area contributed by atoms with Gasteiger partial charge in [-0.3, -0.25) is 9.48 Å². The molecule has 1 rings (SSSR count). The number of carbonyl (C=O) groups is 1. The zero-order chi connectivity index (χ0) is 13.2.